The van der Waals surface area contributed by atoms with Crippen molar-refractivity contribution in [1.29, 1.82) is 0 Å². The minimum atomic E-state index is -1.86. The van der Waals surface area contributed by atoms with Gasteiger partial charge in [-0.3, -0.25) is 0 Å². The number of benzene rings is 2. The van der Waals surface area contributed by atoms with Gasteiger partial charge in [-0.15, -0.1) is 0 Å². The molecule has 1 aliphatic carbocycles. The van der Waals surface area contributed by atoms with E-state index >= 15 is 0 Å². The maximum atomic E-state index is 13.3. The van der Waals surface area contributed by atoms with E-state index in [9.17, 15) is 19.5 Å². The van der Waals surface area contributed by atoms with Crippen molar-refractivity contribution in [1.82, 2.24) is 4.90 Å². The molecule has 0 unspecified atom stereocenters. The second-order valence-electron chi connectivity index (χ2n) is 9.94. The zero-order valence-corrected chi connectivity index (χ0v) is 20.7. The molecule has 2 aromatic rings. The Hall–Kier alpha value is -3.39. The molecule has 1 atom stereocenters. The molecule has 2 aromatic carbocycles. The van der Waals surface area contributed by atoms with Gasteiger partial charge < -0.3 is 20.3 Å². The number of nitrogens with zero attached hydrogens (tertiary/aromatic N) is 1. The van der Waals surface area contributed by atoms with Gasteiger partial charge in [0.05, 0.1) is 0 Å². The van der Waals surface area contributed by atoms with Crippen LogP contribution in [0.4, 0.5) is 9.59 Å². The van der Waals surface area contributed by atoms with Crippen LogP contribution in [-0.4, -0.2) is 52.5 Å². The summed E-state index contributed by atoms with van der Waals surface area (Å²) in [5, 5.41) is 10.0. The summed E-state index contributed by atoms with van der Waals surface area (Å²) in [6.07, 6.45) is -1.14. The van der Waals surface area contributed by atoms with Gasteiger partial charge in [0.15, 0.2) is 5.54 Å². The number of amides is 2. The van der Waals surface area contributed by atoms with Gasteiger partial charge in [0.2, 0.25) is 0 Å². The first-order valence-corrected chi connectivity index (χ1v) is 11.8. The van der Waals surface area contributed by atoms with Gasteiger partial charge in [-0.2, -0.15) is 4.90 Å². The van der Waals surface area contributed by atoms with E-state index in [1.54, 1.807) is 20.8 Å². The highest BCUT2D eigenvalue weighted by atomic mass is 16.6. The predicted octanol–water partition coefficient (Wildman–Crippen LogP) is 5.14. The molecule has 0 saturated carbocycles. The van der Waals surface area contributed by atoms with Crippen LogP contribution in [0.5, 0.6) is 0 Å². The molecule has 0 heterocycles. The minimum absolute atomic E-state index is 0.0168. The van der Waals surface area contributed by atoms with Crippen LogP contribution in [-0.2, 0) is 14.3 Å². The molecule has 1 aliphatic rings. The highest BCUT2D eigenvalue weighted by Gasteiger charge is 2.49. The van der Waals surface area contributed by atoms with Gasteiger partial charge in [-0.05, 0) is 75.8 Å². The van der Waals surface area contributed by atoms with Crippen LogP contribution >= 0.6 is 0 Å². The highest BCUT2D eigenvalue weighted by molar-refractivity contribution is 5.95. The number of carbonyl (C=O) groups excluding carboxylic acids is 2. The lowest BCUT2D eigenvalue weighted by Gasteiger charge is -2.36. The molecule has 35 heavy (non-hydrogen) atoms. The molecule has 0 aliphatic heterocycles. The molecule has 0 bridgehead atoms. The van der Waals surface area contributed by atoms with E-state index in [1.807, 2.05) is 48.5 Å². The number of aliphatic carboxylic acids is 1. The molecule has 0 spiro atoms. The standard InChI is InChI=1S/C27H34N2O6/c1-26(2,3)35-25(33)29(27(4,23(30)31)15-9-10-16-28)24(32)34-17-22-20-13-7-5-11-18(20)19-12-6-8-14-21(19)22/h5-8,11-14,22H,9-10,15-17,28H2,1-4H3,(H,30,31)/t27-/m1/s1. The van der Waals surface area contributed by atoms with Crippen molar-refractivity contribution in [3.8, 4) is 11.1 Å². The zero-order valence-electron chi connectivity index (χ0n) is 20.7. The smallest absolute Gasteiger partial charge is 0.420 e. The fourth-order valence-electron chi connectivity index (χ4n) is 4.37. The maximum absolute atomic E-state index is 13.3. The van der Waals surface area contributed by atoms with Gasteiger partial charge in [-0.1, -0.05) is 48.5 Å². The predicted molar refractivity (Wildman–Crippen MR) is 132 cm³/mol. The molecule has 0 radical (unpaired) electrons. The van der Waals surface area contributed by atoms with Gasteiger partial charge in [-0.25, -0.2) is 14.4 Å². The monoisotopic (exact) mass is 482 g/mol. The molecule has 188 valence electrons. The number of fused-ring (bicyclic) bond motifs is 3. The average Bonchev–Trinajstić information content (AvgIpc) is 3.10. The number of rotatable bonds is 8. The van der Waals surface area contributed by atoms with Crippen LogP contribution in [0.3, 0.4) is 0 Å². The summed E-state index contributed by atoms with van der Waals surface area (Å²) in [4.78, 5) is 39.4. The summed E-state index contributed by atoms with van der Waals surface area (Å²) < 4.78 is 11.0. The summed E-state index contributed by atoms with van der Waals surface area (Å²) in [5.41, 5.74) is 6.91. The first-order chi connectivity index (χ1) is 16.5. The largest absolute Gasteiger partial charge is 0.479 e. The van der Waals surface area contributed by atoms with Crippen LogP contribution < -0.4 is 5.73 Å². The van der Waals surface area contributed by atoms with E-state index < -0.39 is 29.3 Å². The zero-order chi connectivity index (χ0) is 25.8. The normalized spacial score (nSPS) is 14.4. The molecule has 2 amide bonds. The number of carbonyl (C=O) groups is 3. The number of carboxylic acids is 1. The lowest BCUT2D eigenvalue weighted by atomic mass is 9.93. The Bertz CT molecular complexity index is 1050. The van der Waals surface area contributed by atoms with Gasteiger partial charge in [0.1, 0.15) is 12.2 Å². The molecule has 0 aromatic heterocycles. The molecule has 8 heteroatoms. The highest BCUT2D eigenvalue weighted by Crippen LogP contribution is 2.44. The Morgan fingerprint density at radius 1 is 0.914 bits per heavy atom. The van der Waals surface area contributed by atoms with Crippen molar-refractivity contribution in [2.24, 2.45) is 5.73 Å². The van der Waals surface area contributed by atoms with Crippen LogP contribution in [0.15, 0.2) is 48.5 Å². The van der Waals surface area contributed by atoms with Crippen molar-refractivity contribution in [2.75, 3.05) is 13.2 Å². The van der Waals surface area contributed by atoms with E-state index in [4.69, 9.17) is 15.2 Å². The Morgan fingerprint density at radius 3 is 1.94 bits per heavy atom. The Kier molecular flexibility index (Phi) is 7.85. The quantitative estimate of drug-likeness (QED) is 0.500. The summed E-state index contributed by atoms with van der Waals surface area (Å²) >= 11 is 0. The van der Waals surface area contributed by atoms with E-state index in [2.05, 4.69) is 0 Å². The third-order valence-corrected chi connectivity index (χ3v) is 6.17. The fourth-order valence-corrected chi connectivity index (χ4v) is 4.37. The number of hydrogen-bond donors (Lipinski definition) is 2. The van der Waals surface area contributed by atoms with Gasteiger partial charge >= 0.3 is 18.2 Å². The van der Waals surface area contributed by atoms with E-state index in [0.717, 1.165) is 22.3 Å². The lowest BCUT2D eigenvalue weighted by Crippen LogP contribution is -2.59. The van der Waals surface area contributed by atoms with Crippen molar-refractivity contribution in [2.45, 2.75) is 64.0 Å². The van der Waals surface area contributed by atoms with E-state index in [-0.39, 0.29) is 18.9 Å². The van der Waals surface area contributed by atoms with Crippen molar-refractivity contribution < 1.29 is 29.0 Å². The van der Waals surface area contributed by atoms with E-state index in [1.165, 1.54) is 6.92 Å². The second-order valence-corrected chi connectivity index (χ2v) is 9.94. The third-order valence-electron chi connectivity index (χ3n) is 6.17. The fraction of sp³-hybridized carbons (Fsp3) is 0.444. The van der Waals surface area contributed by atoms with E-state index in [0.29, 0.717) is 24.3 Å². The van der Waals surface area contributed by atoms with Crippen LogP contribution in [0.1, 0.15) is 64.0 Å². The Morgan fingerprint density at radius 2 is 1.46 bits per heavy atom. The van der Waals surface area contributed by atoms with Crippen molar-refractivity contribution in [3.63, 3.8) is 0 Å². The van der Waals surface area contributed by atoms with Crippen molar-refractivity contribution in [3.05, 3.63) is 59.7 Å². The summed E-state index contributed by atoms with van der Waals surface area (Å²) in [6.45, 7) is 6.59. The maximum Gasteiger partial charge on any atom is 0.420 e. The summed E-state index contributed by atoms with van der Waals surface area (Å²) in [6, 6.07) is 15.7. The van der Waals surface area contributed by atoms with Crippen LogP contribution in [0, 0.1) is 0 Å². The Labute approximate surface area is 206 Å². The lowest BCUT2D eigenvalue weighted by molar-refractivity contribution is -0.149. The summed E-state index contributed by atoms with van der Waals surface area (Å²) in [5.74, 6) is -1.56. The first kappa shape index (κ1) is 26.2. The van der Waals surface area contributed by atoms with Crippen molar-refractivity contribution >= 4 is 18.2 Å². The Balaban J connectivity index is 1.89. The van der Waals surface area contributed by atoms with Gasteiger partial charge in [0, 0.05) is 5.92 Å². The number of carboxylic acid groups (broad SMARTS) is 1. The van der Waals surface area contributed by atoms with Crippen LogP contribution in [0.2, 0.25) is 0 Å². The second kappa shape index (κ2) is 10.5. The molecular formula is C27H34N2O6. The first-order valence-electron chi connectivity index (χ1n) is 11.8. The molecule has 3 rings (SSSR count). The average molecular weight is 483 g/mol. The third kappa shape index (κ3) is 5.65. The summed E-state index contributed by atoms with van der Waals surface area (Å²) in [7, 11) is 0. The number of imide groups is 1. The molecule has 8 nitrogen and oxygen atoms in total. The molecule has 0 fully saturated rings. The number of ether oxygens (including phenoxy) is 2. The number of unbranched alkanes of at least 4 members (excludes halogenated alkanes) is 1. The van der Waals surface area contributed by atoms with Gasteiger partial charge in [0.25, 0.3) is 0 Å². The number of nitrogens with two attached hydrogens (primary N) is 1. The topological polar surface area (TPSA) is 119 Å². The minimum Gasteiger partial charge on any atom is -0.479 e. The molecule has 3 N–H and O–H groups in total. The SMILES string of the molecule is CC(C)(C)OC(=O)N(C(=O)OCC1c2ccccc2-c2ccccc21)[C@](C)(CCCCN)C(=O)O. The molecular weight excluding hydrogens is 448 g/mol. The van der Waals surface area contributed by atoms with Crippen LogP contribution in [0.25, 0.3) is 11.1 Å². The molecule has 0 saturated heterocycles. The number of hydrogen-bond acceptors (Lipinski definition) is 6.